The smallest absolute Gasteiger partial charge is 0.302 e. The Bertz CT molecular complexity index is 1380. The minimum Gasteiger partial charge on any atom is -0.466 e. The number of thiocarbonyl (C=S) groups is 1. The monoisotopic (exact) mass is 624 g/mol. The summed E-state index contributed by atoms with van der Waals surface area (Å²) in [6, 6.07) is 0. The highest BCUT2D eigenvalue weighted by molar-refractivity contribution is 7.80. The summed E-state index contributed by atoms with van der Waals surface area (Å²) in [4.78, 5) is 29.6. The summed E-state index contributed by atoms with van der Waals surface area (Å²) in [5, 5.41) is 0.437. The third-order valence-corrected chi connectivity index (χ3v) is 13.8. The van der Waals surface area contributed by atoms with Crippen molar-refractivity contribution in [2.24, 2.45) is 39.4 Å². The molecule has 0 bridgehead atoms. The van der Waals surface area contributed by atoms with Crippen molar-refractivity contribution < 1.29 is 23.8 Å². The fourth-order valence-electron chi connectivity index (χ4n) is 11.1. The van der Waals surface area contributed by atoms with Gasteiger partial charge < -0.3 is 14.2 Å². The predicted octanol–water partition coefficient (Wildman–Crippen LogP) is 7.46. The summed E-state index contributed by atoms with van der Waals surface area (Å²) in [6.07, 6.45) is 12.2. The molecule has 4 aliphatic carbocycles. The van der Waals surface area contributed by atoms with Crippen LogP contribution in [0.15, 0.2) is 29.9 Å². The van der Waals surface area contributed by atoms with Crippen LogP contribution in [-0.2, 0) is 23.8 Å². The molecule has 0 aromatic carbocycles. The number of nitrogens with zero attached hydrogens (tertiary/aromatic N) is 2. The van der Waals surface area contributed by atoms with Crippen molar-refractivity contribution in [3.05, 3.63) is 29.9 Å². The lowest BCUT2D eigenvalue weighted by molar-refractivity contribution is -0.205. The van der Waals surface area contributed by atoms with E-state index in [9.17, 15) is 9.59 Å². The van der Waals surface area contributed by atoms with Crippen molar-refractivity contribution in [3.63, 3.8) is 0 Å². The zero-order valence-corrected chi connectivity index (χ0v) is 29.0. The van der Waals surface area contributed by atoms with Gasteiger partial charge >= 0.3 is 5.97 Å². The Morgan fingerprint density at radius 1 is 1.14 bits per heavy atom. The number of aromatic nitrogens is 2. The van der Waals surface area contributed by atoms with E-state index in [0.29, 0.717) is 23.3 Å². The Hall–Kier alpha value is -2.06. The van der Waals surface area contributed by atoms with Gasteiger partial charge in [0.05, 0.1) is 5.60 Å². The molecule has 9 atom stereocenters. The van der Waals surface area contributed by atoms with Crippen LogP contribution >= 0.6 is 12.2 Å². The number of hydrogen-bond donors (Lipinski definition) is 0. The number of carbonyl (C=O) groups is 2. The van der Waals surface area contributed by atoms with E-state index in [1.54, 1.807) is 17.1 Å². The molecule has 5 aliphatic rings. The van der Waals surface area contributed by atoms with E-state index in [1.165, 1.54) is 18.1 Å². The number of ketones is 1. The van der Waals surface area contributed by atoms with Gasteiger partial charge in [0.2, 0.25) is 0 Å². The number of fused-ring (bicyclic) bond motifs is 5. The molecule has 3 saturated carbocycles. The third kappa shape index (κ3) is 4.75. The Balaban J connectivity index is 1.40. The Labute approximate surface area is 268 Å². The first kappa shape index (κ1) is 31.9. The van der Waals surface area contributed by atoms with Gasteiger partial charge in [-0.1, -0.05) is 52.7 Å². The van der Waals surface area contributed by atoms with E-state index in [0.717, 1.165) is 44.9 Å². The molecule has 242 valence electrons. The molecule has 1 aromatic heterocycles. The van der Waals surface area contributed by atoms with Crippen LogP contribution in [0.5, 0.6) is 0 Å². The van der Waals surface area contributed by atoms with Gasteiger partial charge in [0.15, 0.2) is 0 Å². The molecule has 4 fully saturated rings. The predicted molar refractivity (Wildman–Crippen MR) is 173 cm³/mol. The van der Waals surface area contributed by atoms with Crippen LogP contribution in [0, 0.1) is 39.4 Å². The molecular formula is C36H52N2O5S. The molecule has 1 unspecified atom stereocenters. The van der Waals surface area contributed by atoms with E-state index in [2.05, 4.69) is 60.4 Å². The number of ether oxygens (including phenoxy) is 3. The molecule has 44 heavy (non-hydrogen) atoms. The molecule has 0 N–H and O–H groups in total. The second-order valence-corrected chi connectivity index (χ2v) is 16.8. The maximum Gasteiger partial charge on any atom is 0.302 e. The first-order chi connectivity index (χ1) is 20.5. The summed E-state index contributed by atoms with van der Waals surface area (Å²) >= 11 is 5.88. The second-order valence-electron chi connectivity index (χ2n) is 16.5. The van der Waals surface area contributed by atoms with Crippen molar-refractivity contribution in [3.8, 4) is 0 Å². The van der Waals surface area contributed by atoms with E-state index in [4.69, 9.17) is 26.4 Å². The van der Waals surface area contributed by atoms with Gasteiger partial charge in [-0.15, -0.1) is 0 Å². The van der Waals surface area contributed by atoms with Crippen molar-refractivity contribution >= 4 is 29.1 Å². The standard InChI is InChI=1S/C36H52N2O5S/c1-21(18-26(41-22(2)39)30-33(5,6)43-30)23-10-14-35(8)24(23)19-25(42-31(44)38-17-16-37-20-38)29-34(7)13-12-28(40)32(3,4)27(34)11-15-36(29,35)9/h16-17,20-21,25-27,29-30H,10-15,18-19H2,1-9H3/t21-,25+,26+,27?,29+,30-,34+,35+,36+/m1/s1. The zero-order valence-electron chi connectivity index (χ0n) is 28.2. The van der Waals surface area contributed by atoms with Crippen LogP contribution < -0.4 is 0 Å². The third-order valence-electron chi connectivity index (χ3n) is 13.5. The number of carbonyl (C=O) groups excluding carboxylic acids is 2. The van der Waals surface area contributed by atoms with Crippen molar-refractivity contribution in [1.29, 1.82) is 0 Å². The van der Waals surface area contributed by atoms with Gasteiger partial charge in [0, 0.05) is 43.5 Å². The number of rotatable bonds is 6. The van der Waals surface area contributed by atoms with Gasteiger partial charge in [-0.05, 0) is 92.7 Å². The number of epoxide rings is 1. The molecule has 2 heterocycles. The lowest BCUT2D eigenvalue weighted by Crippen LogP contribution is -2.66. The molecule has 6 rings (SSSR count). The highest BCUT2D eigenvalue weighted by Gasteiger charge is 2.70. The zero-order chi connectivity index (χ0) is 32.0. The number of allylic oxidation sites excluding steroid dienone is 1. The maximum absolute atomic E-state index is 13.3. The Kier molecular flexibility index (Phi) is 7.60. The fourth-order valence-corrected chi connectivity index (χ4v) is 11.3. The number of hydrogen-bond acceptors (Lipinski definition) is 7. The second kappa shape index (κ2) is 10.5. The molecule has 1 aliphatic heterocycles. The van der Waals surface area contributed by atoms with Crippen LogP contribution in [-0.4, -0.2) is 50.4 Å². The quantitative estimate of drug-likeness (QED) is 0.141. The van der Waals surface area contributed by atoms with Gasteiger partial charge in [-0.25, -0.2) is 4.98 Å². The van der Waals surface area contributed by atoms with Crippen molar-refractivity contribution in [2.45, 2.75) is 138 Å². The minimum atomic E-state index is -0.347. The van der Waals surface area contributed by atoms with Crippen molar-refractivity contribution in [1.82, 2.24) is 9.55 Å². The van der Waals surface area contributed by atoms with E-state index in [-0.39, 0.29) is 63.4 Å². The van der Waals surface area contributed by atoms with Gasteiger partial charge in [0.25, 0.3) is 5.17 Å². The first-order valence-electron chi connectivity index (χ1n) is 16.8. The molecule has 0 spiro atoms. The topological polar surface area (TPSA) is 83.0 Å². The largest absolute Gasteiger partial charge is 0.466 e. The summed E-state index contributed by atoms with van der Waals surface area (Å²) in [5.41, 5.74) is 2.36. The average Bonchev–Trinajstić information content (AvgIpc) is 3.26. The maximum atomic E-state index is 13.3. The minimum absolute atomic E-state index is 0.0175. The first-order valence-corrected chi connectivity index (χ1v) is 17.2. The van der Waals surface area contributed by atoms with Crippen LogP contribution in [0.2, 0.25) is 0 Å². The number of imidazole rings is 1. The average molecular weight is 625 g/mol. The fraction of sp³-hybridized carbons (Fsp3) is 0.778. The molecule has 7 nitrogen and oxygen atoms in total. The number of Topliss-reactive ketones (excluding diaryl/α,β-unsaturated/α-hetero) is 1. The Morgan fingerprint density at radius 2 is 1.84 bits per heavy atom. The lowest BCUT2D eigenvalue weighted by Gasteiger charge is -2.69. The molecule has 1 aromatic rings. The summed E-state index contributed by atoms with van der Waals surface area (Å²) in [5.74, 6) is 0.953. The summed E-state index contributed by atoms with van der Waals surface area (Å²) in [6.45, 7) is 19.8. The van der Waals surface area contributed by atoms with E-state index >= 15 is 0 Å². The van der Waals surface area contributed by atoms with Crippen LogP contribution in [0.25, 0.3) is 0 Å². The van der Waals surface area contributed by atoms with E-state index in [1.807, 2.05) is 6.20 Å². The molecule has 0 radical (unpaired) electrons. The molecule has 1 saturated heterocycles. The van der Waals surface area contributed by atoms with Crippen LogP contribution in [0.4, 0.5) is 0 Å². The Morgan fingerprint density at radius 3 is 2.45 bits per heavy atom. The van der Waals surface area contributed by atoms with Gasteiger partial charge in [0.1, 0.15) is 30.4 Å². The normalized spacial score (nSPS) is 39.9. The highest BCUT2D eigenvalue weighted by atomic mass is 32.1. The number of esters is 1. The van der Waals surface area contributed by atoms with Gasteiger partial charge in [-0.2, -0.15) is 0 Å². The van der Waals surface area contributed by atoms with Crippen LogP contribution in [0.1, 0.15) is 114 Å². The summed E-state index contributed by atoms with van der Waals surface area (Å²) in [7, 11) is 0. The SMILES string of the molecule is CC(=O)O[C@@H](C[C@@H](C)C1=C2C[C@H](OC(=S)n3ccnc3)[C@H]3[C@@]4(C)CCC(=O)C(C)(C)C4CC[C@]3(C)[C@@]2(C)CC1)[C@H]1OC1(C)C. The molecule has 8 heteroatoms. The molecular weight excluding hydrogens is 572 g/mol. The summed E-state index contributed by atoms with van der Waals surface area (Å²) < 4.78 is 20.5. The lowest BCUT2D eigenvalue weighted by atomic mass is 9.36. The van der Waals surface area contributed by atoms with Gasteiger partial charge in [-0.3, -0.25) is 14.2 Å². The molecule has 0 amide bonds. The van der Waals surface area contributed by atoms with Crippen molar-refractivity contribution in [2.75, 3.05) is 0 Å². The van der Waals surface area contributed by atoms with Crippen LogP contribution in [0.3, 0.4) is 0 Å². The van der Waals surface area contributed by atoms with E-state index < -0.39 is 0 Å². The highest BCUT2D eigenvalue weighted by Crippen LogP contribution is 2.74.